The lowest BCUT2D eigenvalue weighted by Crippen LogP contribution is -2.22. The molecule has 0 amide bonds. The number of aromatic nitrogens is 2. The molecule has 0 N–H and O–H groups in total. The number of Topliss-reactive ketones (excluding diaryl/α,β-unsaturated/α-hetero) is 1. The summed E-state index contributed by atoms with van der Waals surface area (Å²) in [5, 5.41) is 3.89. The molecule has 1 aromatic carbocycles. The maximum Gasteiger partial charge on any atom is 0.171 e. The van der Waals surface area contributed by atoms with Gasteiger partial charge in [-0.25, -0.2) is 9.97 Å². The minimum absolute atomic E-state index is 0.225. The lowest BCUT2D eigenvalue weighted by Gasteiger charge is -2.16. The molecule has 0 aliphatic heterocycles. The minimum Gasteiger partial charge on any atom is -0.298 e. The quantitative estimate of drug-likeness (QED) is 0.491. The number of hydrogen-bond donors (Lipinski definition) is 0. The second kappa shape index (κ2) is 6.42. The van der Waals surface area contributed by atoms with Crippen LogP contribution in [0.5, 0.6) is 0 Å². The summed E-state index contributed by atoms with van der Waals surface area (Å²) in [4.78, 5) is 22.6. The molecule has 23 heavy (non-hydrogen) atoms. The summed E-state index contributed by atoms with van der Waals surface area (Å²) in [5.41, 5.74) is 0.587. The molecule has 3 aromatic rings. The molecule has 0 saturated heterocycles. The largest absolute Gasteiger partial charge is 0.298 e. The second-order valence-corrected chi connectivity index (χ2v) is 8.22. The fourth-order valence-electron chi connectivity index (χ4n) is 2.02. The molecule has 0 spiro atoms. The third kappa shape index (κ3) is 3.62. The summed E-state index contributed by atoms with van der Waals surface area (Å²) < 4.78 is 0. The summed E-state index contributed by atoms with van der Waals surface area (Å²) in [7, 11) is 0. The summed E-state index contributed by atoms with van der Waals surface area (Å²) in [6.45, 7) is 5.85. The Kier molecular flexibility index (Phi) is 4.50. The molecule has 0 unspecified atom stereocenters. The van der Waals surface area contributed by atoms with E-state index in [4.69, 9.17) is 4.98 Å². The zero-order valence-corrected chi connectivity index (χ0v) is 15.0. The first-order chi connectivity index (χ1) is 10.9. The van der Waals surface area contributed by atoms with Gasteiger partial charge in [-0.15, -0.1) is 11.3 Å². The van der Waals surface area contributed by atoms with Gasteiger partial charge in [0.05, 0.1) is 16.1 Å². The van der Waals surface area contributed by atoms with E-state index < -0.39 is 0 Å². The SMILES string of the molecule is CC(C)(C)C(=O)CSc1nc(-c2cccs2)nc2ccccc12. The van der Waals surface area contributed by atoms with Gasteiger partial charge in [0, 0.05) is 10.8 Å². The third-order valence-electron chi connectivity index (χ3n) is 3.49. The van der Waals surface area contributed by atoms with Crippen molar-refractivity contribution in [2.24, 2.45) is 5.41 Å². The van der Waals surface area contributed by atoms with Crippen LogP contribution in [0.15, 0.2) is 46.8 Å². The van der Waals surface area contributed by atoms with Gasteiger partial charge < -0.3 is 0 Å². The van der Waals surface area contributed by atoms with E-state index in [1.807, 2.05) is 62.5 Å². The normalized spacial score (nSPS) is 11.8. The van der Waals surface area contributed by atoms with Crippen LogP contribution in [0.4, 0.5) is 0 Å². The predicted octanol–water partition coefficient (Wildman–Crippen LogP) is 5.07. The van der Waals surface area contributed by atoms with Gasteiger partial charge >= 0.3 is 0 Å². The Balaban J connectivity index is 1.99. The standard InChI is InChI=1S/C18H18N2OS2/c1-18(2,3)15(21)11-23-17-12-7-4-5-8-13(12)19-16(20-17)14-9-6-10-22-14/h4-10H,11H2,1-3H3. The Hall–Kier alpha value is -1.72. The highest BCUT2D eigenvalue weighted by molar-refractivity contribution is 8.00. The molecular weight excluding hydrogens is 324 g/mol. The lowest BCUT2D eigenvalue weighted by atomic mass is 9.92. The number of ketones is 1. The highest BCUT2D eigenvalue weighted by atomic mass is 32.2. The summed E-state index contributed by atoms with van der Waals surface area (Å²) in [6, 6.07) is 12.0. The molecular formula is C18H18N2OS2. The molecule has 118 valence electrons. The number of carbonyl (C=O) groups is 1. The highest BCUT2D eigenvalue weighted by Crippen LogP contribution is 2.31. The molecule has 0 fully saturated rings. The molecule has 0 atom stereocenters. The van der Waals surface area contributed by atoms with Gasteiger partial charge in [-0.05, 0) is 17.5 Å². The predicted molar refractivity (Wildman–Crippen MR) is 98.0 cm³/mol. The average Bonchev–Trinajstić information content (AvgIpc) is 3.05. The smallest absolute Gasteiger partial charge is 0.171 e. The van der Waals surface area contributed by atoms with E-state index in [0.29, 0.717) is 5.75 Å². The summed E-state index contributed by atoms with van der Waals surface area (Å²) >= 11 is 3.12. The van der Waals surface area contributed by atoms with Crippen LogP contribution in [0.25, 0.3) is 21.6 Å². The molecule has 2 heterocycles. The Morgan fingerprint density at radius 3 is 2.61 bits per heavy atom. The van der Waals surface area contributed by atoms with Crippen LogP contribution in [0, 0.1) is 5.41 Å². The lowest BCUT2D eigenvalue weighted by molar-refractivity contribution is -0.123. The first-order valence-corrected chi connectivity index (χ1v) is 9.28. The molecule has 0 radical (unpaired) electrons. The van der Waals surface area contributed by atoms with Crippen molar-refractivity contribution in [2.45, 2.75) is 25.8 Å². The van der Waals surface area contributed by atoms with Crippen LogP contribution in [-0.2, 0) is 4.79 Å². The van der Waals surface area contributed by atoms with E-state index in [0.717, 1.165) is 26.6 Å². The van der Waals surface area contributed by atoms with E-state index in [1.54, 1.807) is 11.3 Å². The molecule has 0 saturated carbocycles. The van der Waals surface area contributed by atoms with Gasteiger partial charge in [-0.3, -0.25) is 4.79 Å². The molecule has 0 bridgehead atoms. The molecule has 3 nitrogen and oxygen atoms in total. The Labute approximate surface area is 144 Å². The van der Waals surface area contributed by atoms with Gasteiger partial charge in [0.2, 0.25) is 0 Å². The van der Waals surface area contributed by atoms with Crippen molar-refractivity contribution < 1.29 is 4.79 Å². The fourth-order valence-corrected chi connectivity index (χ4v) is 3.86. The van der Waals surface area contributed by atoms with Crippen LogP contribution in [0.3, 0.4) is 0 Å². The first-order valence-electron chi connectivity index (χ1n) is 7.42. The van der Waals surface area contributed by atoms with Crippen molar-refractivity contribution in [3.8, 4) is 10.7 Å². The van der Waals surface area contributed by atoms with E-state index >= 15 is 0 Å². The van der Waals surface area contributed by atoms with Crippen molar-refractivity contribution in [1.82, 2.24) is 9.97 Å². The number of rotatable bonds is 4. The third-order valence-corrected chi connectivity index (χ3v) is 5.34. The van der Waals surface area contributed by atoms with Gasteiger partial charge in [-0.1, -0.05) is 56.8 Å². The van der Waals surface area contributed by atoms with Crippen molar-refractivity contribution in [2.75, 3.05) is 5.75 Å². The molecule has 3 rings (SSSR count). The van der Waals surface area contributed by atoms with Crippen molar-refractivity contribution in [3.63, 3.8) is 0 Å². The van der Waals surface area contributed by atoms with E-state index in [1.165, 1.54) is 11.8 Å². The highest BCUT2D eigenvalue weighted by Gasteiger charge is 2.22. The van der Waals surface area contributed by atoms with Crippen molar-refractivity contribution >= 4 is 39.8 Å². The van der Waals surface area contributed by atoms with Gasteiger partial charge in [-0.2, -0.15) is 0 Å². The molecule has 2 aromatic heterocycles. The Morgan fingerprint density at radius 2 is 1.91 bits per heavy atom. The zero-order chi connectivity index (χ0) is 16.4. The van der Waals surface area contributed by atoms with Crippen molar-refractivity contribution in [3.05, 3.63) is 41.8 Å². The number of nitrogens with zero attached hydrogens (tertiary/aromatic N) is 2. The van der Waals surface area contributed by atoms with Crippen LogP contribution < -0.4 is 0 Å². The summed E-state index contributed by atoms with van der Waals surface area (Å²) in [6.07, 6.45) is 0. The van der Waals surface area contributed by atoms with Crippen LogP contribution in [0.2, 0.25) is 0 Å². The Bertz CT molecular complexity index is 836. The monoisotopic (exact) mass is 342 g/mol. The van der Waals surface area contributed by atoms with E-state index in [2.05, 4.69) is 4.98 Å². The average molecular weight is 342 g/mol. The molecule has 0 aliphatic rings. The number of para-hydroxylation sites is 1. The van der Waals surface area contributed by atoms with Crippen molar-refractivity contribution in [1.29, 1.82) is 0 Å². The maximum absolute atomic E-state index is 12.2. The van der Waals surface area contributed by atoms with Crippen LogP contribution in [0.1, 0.15) is 20.8 Å². The first kappa shape index (κ1) is 16.1. The topological polar surface area (TPSA) is 42.9 Å². The van der Waals surface area contributed by atoms with Gasteiger partial charge in [0.1, 0.15) is 10.8 Å². The molecule has 0 aliphatic carbocycles. The number of thiophene rings is 1. The zero-order valence-electron chi connectivity index (χ0n) is 13.4. The second-order valence-electron chi connectivity index (χ2n) is 6.31. The van der Waals surface area contributed by atoms with Crippen LogP contribution in [-0.4, -0.2) is 21.5 Å². The van der Waals surface area contributed by atoms with E-state index in [-0.39, 0.29) is 11.2 Å². The molecule has 5 heteroatoms. The van der Waals surface area contributed by atoms with Gasteiger partial charge in [0.15, 0.2) is 5.82 Å². The number of benzene rings is 1. The number of thioether (sulfide) groups is 1. The number of carbonyl (C=O) groups excluding carboxylic acids is 1. The maximum atomic E-state index is 12.2. The Morgan fingerprint density at radius 1 is 1.13 bits per heavy atom. The minimum atomic E-state index is -0.327. The fraction of sp³-hybridized carbons (Fsp3) is 0.278. The summed E-state index contributed by atoms with van der Waals surface area (Å²) in [5.74, 6) is 1.38. The van der Waals surface area contributed by atoms with Gasteiger partial charge in [0.25, 0.3) is 0 Å². The van der Waals surface area contributed by atoms with Crippen LogP contribution >= 0.6 is 23.1 Å². The number of hydrogen-bond acceptors (Lipinski definition) is 5. The number of fused-ring (bicyclic) bond motifs is 1. The van der Waals surface area contributed by atoms with E-state index in [9.17, 15) is 4.79 Å².